The van der Waals surface area contributed by atoms with Crippen molar-refractivity contribution in [2.75, 3.05) is 6.54 Å². The summed E-state index contributed by atoms with van der Waals surface area (Å²) in [4.78, 5) is 14.8. The van der Waals surface area contributed by atoms with Crippen LogP contribution in [0.4, 0.5) is 0 Å². The van der Waals surface area contributed by atoms with E-state index in [1.165, 1.54) is 5.56 Å². The number of rotatable bonds is 5. The maximum Gasteiger partial charge on any atom is 0.312 e. The standard InChI is InChI=1S/C19H28N2O2/c1-5-9-15-13-21(12-14-10-7-6-8-11-14)17(20)16(15)18(22)23-19(2,3)4/h5-8,10-11,15-17H,1,9,12-13,20H2,2-4H3/t15-,16+,17?/m1/s1. The Labute approximate surface area is 139 Å². The Morgan fingerprint density at radius 2 is 2.04 bits per heavy atom. The van der Waals surface area contributed by atoms with Gasteiger partial charge in [0, 0.05) is 13.1 Å². The van der Waals surface area contributed by atoms with E-state index in [2.05, 4.69) is 23.6 Å². The van der Waals surface area contributed by atoms with Crippen LogP contribution in [0.3, 0.4) is 0 Å². The molecule has 1 aliphatic rings. The zero-order chi connectivity index (χ0) is 17.0. The average molecular weight is 316 g/mol. The summed E-state index contributed by atoms with van der Waals surface area (Å²) in [6.07, 6.45) is 2.30. The van der Waals surface area contributed by atoms with Gasteiger partial charge in [0.05, 0.1) is 12.1 Å². The third-order valence-corrected chi connectivity index (χ3v) is 4.14. The summed E-state index contributed by atoms with van der Waals surface area (Å²) in [7, 11) is 0. The molecule has 0 saturated carbocycles. The second-order valence-corrected chi connectivity index (χ2v) is 7.25. The van der Waals surface area contributed by atoms with Gasteiger partial charge in [-0.1, -0.05) is 36.4 Å². The Kier molecular flexibility index (Phi) is 5.60. The predicted octanol–water partition coefficient (Wildman–Crippen LogP) is 2.94. The lowest BCUT2D eigenvalue weighted by atomic mass is 9.91. The zero-order valence-electron chi connectivity index (χ0n) is 14.4. The molecule has 0 bridgehead atoms. The summed E-state index contributed by atoms with van der Waals surface area (Å²) < 4.78 is 5.59. The minimum atomic E-state index is -0.498. The molecule has 4 heteroatoms. The first-order valence-electron chi connectivity index (χ1n) is 8.19. The molecule has 4 nitrogen and oxygen atoms in total. The number of carbonyl (C=O) groups excluding carboxylic acids is 1. The van der Waals surface area contributed by atoms with Crippen molar-refractivity contribution in [2.45, 2.75) is 45.5 Å². The molecule has 1 saturated heterocycles. The van der Waals surface area contributed by atoms with Gasteiger partial charge in [0.15, 0.2) is 0 Å². The summed E-state index contributed by atoms with van der Waals surface area (Å²) >= 11 is 0. The van der Waals surface area contributed by atoms with Crippen LogP contribution in [-0.2, 0) is 16.1 Å². The lowest BCUT2D eigenvalue weighted by Gasteiger charge is -2.27. The lowest BCUT2D eigenvalue weighted by Crippen LogP contribution is -2.44. The molecule has 0 aliphatic carbocycles. The molecule has 23 heavy (non-hydrogen) atoms. The van der Waals surface area contributed by atoms with Crippen LogP contribution in [0.1, 0.15) is 32.8 Å². The van der Waals surface area contributed by atoms with Gasteiger partial charge in [-0.25, -0.2) is 0 Å². The van der Waals surface area contributed by atoms with Crippen molar-refractivity contribution in [2.24, 2.45) is 17.6 Å². The summed E-state index contributed by atoms with van der Waals surface area (Å²) in [5, 5.41) is 0. The second kappa shape index (κ2) is 7.28. The van der Waals surface area contributed by atoms with Crippen LogP contribution in [0.15, 0.2) is 43.0 Å². The molecule has 0 radical (unpaired) electrons. The highest BCUT2D eigenvalue weighted by molar-refractivity contribution is 5.74. The molecular weight excluding hydrogens is 288 g/mol. The third-order valence-electron chi connectivity index (χ3n) is 4.14. The first-order valence-corrected chi connectivity index (χ1v) is 8.19. The van der Waals surface area contributed by atoms with Gasteiger partial charge in [-0.2, -0.15) is 0 Å². The minimum absolute atomic E-state index is 0.154. The van der Waals surface area contributed by atoms with Gasteiger partial charge in [0.2, 0.25) is 0 Å². The molecule has 3 atom stereocenters. The van der Waals surface area contributed by atoms with Crippen LogP contribution < -0.4 is 5.73 Å². The lowest BCUT2D eigenvalue weighted by molar-refractivity contribution is -0.162. The Morgan fingerprint density at radius 3 is 2.61 bits per heavy atom. The van der Waals surface area contributed by atoms with Gasteiger partial charge >= 0.3 is 5.97 Å². The predicted molar refractivity (Wildman–Crippen MR) is 92.5 cm³/mol. The molecule has 2 N–H and O–H groups in total. The van der Waals surface area contributed by atoms with Gasteiger partial charge in [-0.3, -0.25) is 9.69 Å². The van der Waals surface area contributed by atoms with E-state index in [0.29, 0.717) is 0 Å². The number of ether oxygens (including phenoxy) is 1. The van der Waals surface area contributed by atoms with Gasteiger partial charge in [-0.05, 0) is 38.7 Å². The fourth-order valence-electron chi connectivity index (χ4n) is 3.17. The largest absolute Gasteiger partial charge is 0.460 e. The molecule has 1 aromatic rings. The smallest absolute Gasteiger partial charge is 0.312 e. The molecule has 1 aromatic carbocycles. The third kappa shape index (κ3) is 4.66. The Morgan fingerprint density at radius 1 is 1.39 bits per heavy atom. The number of hydrogen-bond donors (Lipinski definition) is 1. The number of nitrogens with zero attached hydrogens (tertiary/aromatic N) is 1. The summed E-state index contributed by atoms with van der Waals surface area (Å²) in [6.45, 7) is 11.0. The quantitative estimate of drug-likeness (QED) is 0.670. The molecular formula is C19H28N2O2. The number of hydrogen-bond acceptors (Lipinski definition) is 4. The fourth-order valence-corrected chi connectivity index (χ4v) is 3.17. The van der Waals surface area contributed by atoms with Crippen molar-refractivity contribution in [3.8, 4) is 0 Å². The number of carbonyl (C=O) groups is 1. The van der Waals surface area contributed by atoms with E-state index in [-0.39, 0.29) is 24.0 Å². The van der Waals surface area contributed by atoms with Crippen molar-refractivity contribution in [1.29, 1.82) is 0 Å². The van der Waals surface area contributed by atoms with Gasteiger partial charge in [0.25, 0.3) is 0 Å². The van der Waals surface area contributed by atoms with E-state index in [9.17, 15) is 4.79 Å². The normalized spacial score (nSPS) is 25.3. The first-order chi connectivity index (χ1) is 10.8. The van der Waals surface area contributed by atoms with E-state index in [4.69, 9.17) is 10.5 Å². The monoisotopic (exact) mass is 316 g/mol. The van der Waals surface area contributed by atoms with E-state index in [0.717, 1.165) is 19.5 Å². The summed E-state index contributed by atoms with van der Waals surface area (Å²) in [5.41, 5.74) is 7.10. The molecule has 0 aromatic heterocycles. The van der Waals surface area contributed by atoms with Crippen molar-refractivity contribution < 1.29 is 9.53 Å². The van der Waals surface area contributed by atoms with E-state index in [1.54, 1.807) is 0 Å². The first kappa shape index (κ1) is 17.7. The SMILES string of the molecule is C=CC[C@@H]1CN(Cc2ccccc2)C(N)[C@H]1C(=O)OC(C)(C)C. The topological polar surface area (TPSA) is 55.6 Å². The van der Waals surface area contributed by atoms with E-state index >= 15 is 0 Å². The van der Waals surface area contributed by atoms with Crippen molar-refractivity contribution in [1.82, 2.24) is 4.90 Å². The van der Waals surface area contributed by atoms with E-state index in [1.807, 2.05) is 45.0 Å². The van der Waals surface area contributed by atoms with Gasteiger partial charge in [-0.15, -0.1) is 6.58 Å². The van der Waals surface area contributed by atoms with Crippen LogP contribution in [0, 0.1) is 11.8 Å². The Hall–Kier alpha value is -1.65. The number of nitrogens with two attached hydrogens (primary N) is 1. The van der Waals surface area contributed by atoms with Crippen LogP contribution in [0.2, 0.25) is 0 Å². The number of benzene rings is 1. The Bertz CT molecular complexity index is 536. The molecule has 1 heterocycles. The van der Waals surface area contributed by atoms with Crippen molar-refractivity contribution >= 4 is 5.97 Å². The number of allylic oxidation sites excluding steroid dienone is 1. The second-order valence-electron chi connectivity index (χ2n) is 7.25. The highest BCUT2D eigenvalue weighted by atomic mass is 16.6. The van der Waals surface area contributed by atoms with Crippen molar-refractivity contribution in [3.05, 3.63) is 48.6 Å². The maximum absolute atomic E-state index is 12.6. The van der Waals surface area contributed by atoms with Gasteiger partial charge < -0.3 is 10.5 Å². The average Bonchev–Trinajstić information content (AvgIpc) is 2.75. The summed E-state index contributed by atoms with van der Waals surface area (Å²) in [6, 6.07) is 10.2. The molecule has 1 fully saturated rings. The highest BCUT2D eigenvalue weighted by Gasteiger charge is 2.45. The zero-order valence-corrected chi connectivity index (χ0v) is 14.4. The van der Waals surface area contributed by atoms with Crippen LogP contribution in [-0.4, -0.2) is 29.2 Å². The molecule has 2 rings (SSSR count). The number of esters is 1. The minimum Gasteiger partial charge on any atom is -0.460 e. The number of likely N-dealkylation sites (tertiary alicyclic amines) is 1. The van der Waals surface area contributed by atoms with Crippen LogP contribution >= 0.6 is 0 Å². The van der Waals surface area contributed by atoms with Crippen LogP contribution in [0.5, 0.6) is 0 Å². The van der Waals surface area contributed by atoms with E-state index < -0.39 is 5.60 Å². The molecule has 126 valence electrons. The fraction of sp³-hybridized carbons (Fsp3) is 0.526. The van der Waals surface area contributed by atoms with Gasteiger partial charge in [0.1, 0.15) is 5.60 Å². The summed E-state index contributed by atoms with van der Waals surface area (Å²) in [5.74, 6) is -0.357. The molecule has 1 unspecified atom stereocenters. The molecule has 1 aliphatic heterocycles. The maximum atomic E-state index is 12.6. The Balaban J connectivity index is 2.13. The molecule has 0 spiro atoms. The molecule has 0 amide bonds. The van der Waals surface area contributed by atoms with Crippen LogP contribution in [0.25, 0.3) is 0 Å². The highest BCUT2D eigenvalue weighted by Crippen LogP contribution is 2.33. The van der Waals surface area contributed by atoms with Crippen molar-refractivity contribution in [3.63, 3.8) is 0 Å².